The van der Waals surface area contributed by atoms with Gasteiger partial charge in [-0.3, -0.25) is 20.0 Å². The Bertz CT molecular complexity index is 797. The number of piperidine rings is 1. The third-order valence-corrected chi connectivity index (χ3v) is 4.40. The molecule has 6 nitrogen and oxygen atoms in total. The minimum absolute atomic E-state index is 0.279. The number of pyridine rings is 2. The molecule has 0 aliphatic carbocycles. The Hall–Kier alpha value is -2.31. The highest BCUT2D eigenvalue weighted by Gasteiger charge is 2.19. The van der Waals surface area contributed by atoms with Crippen molar-refractivity contribution in [3.8, 4) is 11.3 Å². The van der Waals surface area contributed by atoms with Gasteiger partial charge in [-0.15, -0.1) is 0 Å². The number of nitrogens with two attached hydrogens (primary N) is 1. The number of aromatic amines is 1. The quantitative estimate of drug-likeness (QED) is 0.772. The van der Waals surface area contributed by atoms with Crippen molar-refractivity contribution in [2.45, 2.75) is 25.4 Å². The van der Waals surface area contributed by atoms with Crippen LogP contribution in [0.1, 0.15) is 18.5 Å². The summed E-state index contributed by atoms with van der Waals surface area (Å²) in [6, 6.07) is 6.31. The van der Waals surface area contributed by atoms with Crippen LogP contribution >= 0.6 is 0 Å². The lowest BCUT2D eigenvalue weighted by Gasteiger charge is -2.30. The molecule has 0 spiro atoms. The fraction of sp³-hybridized carbons (Fsp3) is 0.353. The fourth-order valence-corrected chi connectivity index (χ4v) is 3.21. The molecule has 1 atom stereocenters. The summed E-state index contributed by atoms with van der Waals surface area (Å²) < 4.78 is 0. The average molecular weight is 308 g/mol. The van der Waals surface area contributed by atoms with E-state index in [9.17, 15) is 0 Å². The maximum atomic E-state index is 6.08. The van der Waals surface area contributed by atoms with E-state index < -0.39 is 0 Å². The van der Waals surface area contributed by atoms with Gasteiger partial charge < -0.3 is 5.73 Å². The maximum absolute atomic E-state index is 6.08. The van der Waals surface area contributed by atoms with E-state index in [0.717, 1.165) is 60.3 Å². The van der Waals surface area contributed by atoms with Gasteiger partial charge in [0.05, 0.1) is 23.1 Å². The van der Waals surface area contributed by atoms with Gasteiger partial charge in [0.15, 0.2) is 0 Å². The summed E-state index contributed by atoms with van der Waals surface area (Å²) in [5.74, 6) is 0. The number of likely N-dealkylation sites (tertiary alicyclic amines) is 1. The molecule has 4 rings (SSSR count). The zero-order valence-corrected chi connectivity index (χ0v) is 12.9. The molecular formula is C17H20N6. The topological polar surface area (TPSA) is 83.7 Å². The number of aromatic nitrogens is 4. The van der Waals surface area contributed by atoms with E-state index in [1.54, 1.807) is 6.20 Å². The van der Waals surface area contributed by atoms with Gasteiger partial charge in [0.25, 0.3) is 0 Å². The van der Waals surface area contributed by atoms with Gasteiger partial charge in [-0.2, -0.15) is 5.10 Å². The Kier molecular flexibility index (Phi) is 3.77. The Balaban J connectivity index is 1.65. The van der Waals surface area contributed by atoms with Crippen LogP contribution in [0.4, 0.5) is 0 Å². The highest BCUT2D eigenvalue weighted by Crippen LogP contribution is 2.23. The second kappa shape index (κ2) is 6.06. The van der Waals surface area contributed by atoms with E-state index in [0.29, 0.717) is 0 Å². The normalized spacial score (nSPS) is 19.3. The van der Waals surface area contributed by atoms with Crippen LogP contribution in [0.15, 0.2) is 36.8 Å². The predicted molar refractivity (Wildman–Crippen MR) is 89.6 cm³/mol. The van der Waals surface area contributed by atoms with Crippen molar-refractivity contribution in [2.24, 2.45) is 5.73 Å². The molecule has 1 unspecified atom stereocenters. The second-order valence-corrected chi connectivity index (χ2v) is 6.16. The van der Waals surface area contributed by atoms with E-state index >= 15 is 0 Å². The molecule has 0 amide bonds. The molecule has 23 heavy (non-hydrogen) atoms. The van der Waals surface area contributed by atoms with Gasteiger partial charge in [0.1, 0.15) is 0 Å². The van der Waals surface area contributed by atoms with Gasteiger partial charge in [-0.25, -0.2) is 0 Å². The van der Waals surface area contributed by atoms with Crippen LogP contribution in [-0.2, 0) is 6.54 Å². The van der Waals surface area contributed by atoms with Crippen molar-refractivity contribution < 1.29 is 0 Å². The summed E-state index contributed by atoms with van der Waals surface area (Å²) in [6.07, 6.45) is 7.72. The lowest BCUT2D eigenvalue weighted by molar-refractivity contribution is 0.200. The third kappa shape index (κ3) is 2.95. The minimum atomic E-state index is 0.279. The number of hydrogen-bond acceptors (Lipinski definition) is 5. The Morgan fingerprint density at radius 2 is 2.30 bits per heavy atom. The first-order valence-electron chi connectivity index (χ1n) is 8.01. The molecule has 4 heterocycles. The van der Waals surface area contributed by atoms with Crippen LogP contribution in [0.2, 0.25) is 0 Å². The molecule has 3 aromatic rings. The largest absolute Gasteiger partial charge is 0.327 e. The van der Waals surface area contributed by atoms with Gasteiger partial charge in [-0.1, -0.05) is 0 Å². The smallest absolute Gasteiger partial charge is 0.0842 e. The number of nitrogens with one attached hydrogen (secondary N) is 1. The van der Waals surface area contributed by atoms with Crippen molar-refractivity contribution in [3.63, 3.8) is 0 Å². The third-order valence-electron chi connectivity index (χ3n) is 4.40. The summed E-state index contributed by atoms with van der Waals surface area (Å²) in [4.78, 5) is 11.1. The molecule has 0 radical (unpaired) electrons. The van der Waals surface area contributed by atoms with Gasteiger partial charge in [0, 0.05) is 42.5 Å². The molecule has 3 aromatic heterocycles. The van der Waals surface area contributed by atoms with Crippen LogP contribution in [0.3, 0.4) is 0 Å². The number of fused-ring (bicyclic) bond motifs is 1. The minimum Gasteiger partial charge on any atom is -0.327 e. The molecule has 118 valence electrons. The molecule has 0 saturated carbocycles. The SMILES string of the molecule is NC1CCCN(Cc2n[nH]c3cnc(-c4cccnc4)cc23)C1. The molecule has 1 aliphatic rings. The second-order valence-electron chi connectivity index (χ2n) is 6.16. The average Bonchev–Trinajstić information content (AvgIpc) is 2.98. The standard InChI is InChI=1S/C17H20N6/c18-13-4-2-6-23(10-13)11-17-14-7-15(12-3-1-5-19-8-12)20-9-16(14)21-22-17/h1,3,5,7-9,13H,2,4,6,10-11,18H2,(H,21,22). The fourth-order valence-electron chi connectivity index (χ4n) is 3.21. The molecule has 1 saturated heterocycles. The van der Waals surface area contributed by atoms with Crippen molar-refractivity contribution in [1.29, 1.82) is 0 Å². The van der Waals surface area contributed by atoms with Gasteiger partial charge >= 0.3 is 0 Å². The monoisotopic (exact) mass is 308 g/mol. The summed E-state index contributed by atoms with van der Waals surface area (Å²) in [5, 5.41) is 8.69. The van der Waals surface area contributed by atoms with E-state index in [2.05, 4.69) is 31.1 Å². The van der Waals surface area contributed by atoms with Crippen LogP contribution < -0.4 is 5.73 Å². The number of hydrogen-bond donors (Lipinski definition) is 2. The number of H-pyrrole nitrogens is 1. The van der Waals surface area contributed by atoms with Crippen LogP contribution in [0.25, 0.3) is 22.2 Å². The zero-order chi connectivity index (χ0) is 15.6. The zero-order valence-electron chi connectivity index (χ0n) is 12.9. The van der Waals surface area contributed by atoms with Crippen LogP contribution in [0.5, 0.6) is 0 Å². The van der Waals surface area contributed by atoms with Gasteiger partial charge in [-0.05, 0) is 37.6 Å². The lowest BCUT2D eigenvalue weighted by atomic mass is 10.1. The first-order valence-corrected chi connectivity index (χ1v) is 8.01. The highest BCUT2D eigenvalue weighted by molar-refractivity contribution is 5.84. The van der Waals surface area contributed by atoms with Crippen molar-refractivity contribution >= 4 is 10.9 Å². The summed E-state index contributed by atoms with van der Waals surface area (Å²) in [6.45, 7) is 2.85. The van der Waals surface area contributed by atoms with Crippen molar-refractivity contribution in [2.75, 3.05) is 13.1 Å². The van der Waals surface area contributed by atoms with Crippen molar-refractivity contribution in [1.82, 2.24) is 25.1 Å². The summed E-state index contributed by atoms with van der Waals surface area (Å²) >= 11 is 0. The van der Waals surface area contributed by atoms with Gasteiger partial charge in [0.2, 0.25) is 0 Å². The maximum Gasteiger partial charge on any atom is 0.0842 e. The Morgan fingerprint density at radius 3 is 3.13 bits per heavy atom. The molecule has 6 heteroatoms. The molecule has 1 aliphatic heterocycles. The molecule has 3 N–H and O–H groups in total. The van der Waals surface area contributed by atoms with E-state index in [-0.39, 0.29) is 6.04 Å². The molecule has 0 bridgehead atoms. The van der Waals surface area contributed by atoms with E-state index in [4.69, 9.17) is 5.73 Å². The molecule has 1 fully saturated rings. The first-order chi connectivity index (χ1) is 11.3. The number of nitrogens with zero attached hydrogens (tertiary/aromatic N) is 4. The van der Waals surface area contributed by atoms with E-state index in [1.165, 1.54) is 0 Å². The van der Waals surface area contributed by atoms with Crippen LogP contribution in [0, 0.1) is 0 Å². The van der Waals surface area contributed by atoms with Crippen molar-refractivity contribution in [3.05, 3.63) is 42.5 Å². The number of rotatable bonds is 3. The molecule has 0 aromatic carbocycles. The van der Waals surface area contributed by atoms with Crippen LogP contribution in [-0.4, -0.2) is 44.2 Å². The predicted octanol–water partition coefficient (Wildman–Crippen LogP) is 1.94. The Morgan fingerprint density at radius 1 is 1.35 bits per heavy atom. The lowest BCUT2D eigenvalue weighted by Crippen LogP contribution is -2.42. The first kappa shape index (κ1) is 14.3. The highest BCUT2D eigenvalue weighted by atomic mass is 15.2. The summed E-state index contributed by atoms with van der Waals surface area (Å²) in [5.41, 5.74) is 10.0. The Labute approximate surface area is 134 Å². The van der Waals surface area contributed by atoms with E-state index in [1.807, 2.05) is 24.5 Å². The summed E-state index contributed by atoms with van der Waals surface area (Å²) in [7, 11) is 0. The molecular weight excluding hydrogens is 288 g/mol.